The molecule has 0 radical (unpaired) electrons. The van der Waals surface area contributed by atoms with E-state index in [0.717, 1.165) is 12.8 Å². The molecule has 5 heteroatoms. The van der Waals surface area contributed by atoms with Gasteiger partial charge < -0.3 is 14.6 Å². The van der Waals surface area contributed by atoms with Gasteiger partial charge in [-0.2, -0.15) is 0 Å². The number of carboxylic acids is 1. The zero-order chi connectivity index (χ0) is 23.3. The second-order valence-corrected chi connectivity index (χ2v) is 9.01. The molecular formula is C28H45CaO4+. The third-order valence-electron chi connectivity index (χ3n) is 6.07. The van der Waals surface area contributed by atoms with E-state index in [0.29, 0.717) is 6.61 Å². The molecule has 0 N–H and O–H groups in total. The third kappa shape index (κ3) is 18.4. The standard InChI is InChI=1S/C28H46O4.Ca/c1-2-3-4-5-6-7-8-9-10-11-12-13-14-15-16-17-18-19-23-32-28(31)26-22-20-21-25(24-26)27(29)30;/h20-22,24H,2-19,23H2,1H3,(H,29,30);/q;+2/p-1. The SMILES string of the molecule is CCCCCCCCCCCCCCCCCCCCOC(=O)c1cccc(C(=O)[O-])c1.[Ca+2]. The first kappa shape index (κ1) is 32.4. The summed E-state index contributed by atoms with van der Waals surface area (Å²) < 4.78 is 5.24. The van der Waals surface area contributed by atoms with E-state index in [9.17, 15) is 14.7 Å². The number of aromatic carboxylic acids is 1. The van der Waals surface area contributed by atoms with Crippen molar-refractivity contribution in [2.45, 2.75) is 122 Å². The number of carbonyl (C=O) groups is 2. The average molecular weight is 486 g/mol. The number of hydrogen-bond acceptors (Lipinski definition) is 4. The van der Waals surface area contributed by atoms with Crippen LogP contribution >= 0.6 is 0 Å². The van der Waals surface area contributed by atoms with Crippen LogP contribution < -0.4 is 5.11 Å². The van der Waals surface area contributed by atoms with Gasteiger partial charge in [0.1, 0.15) is 0 Å². The Labute approximate surface area is 232 Å². The molecule has 182 valence electrons. The Morgan fingerprint density at radius 1 is 0.667 bits per heavy atom. The molecule has 0 bridgehead atoms. The fourth-order valence-electron chi connectivity index (χ4n) is 4.03. The maximum Gasteiger partial charge on any atom is 2.00 e. The van der Waals surface area contributed by atoms with Gasteiger partial charge in [-0.3, -0.25) is 0 Å². The maximum atomic E-state index is 12.0. The predicted molar refractivity (Wildman–Crippen MR) is 136 cm³/mol. The van der Waals surface area contributed by atoms with Crippen molar-refractivity contribution in [2.75, 3.05) is 6.61 Å². The molecule has 1 aromatic carbocycles. The summed E-state index contributed by atoms with van der Waals surface area (Å²) in [7, 11) is 0. The van der Waals surface area contributed by atoms with E-state index in [-0.39, 0.29) is 48.9 Å². The molecular weight excluding hydrogens is 440 g/mol. The molecule has 33 heavy (non-hydrogen) atoms. The first-order valence-corrected chi connectivity index (χ1v) is 13.1. The number of unbranched alkanes of at least 4 members (excludes halogenated alkanes) is 17. The van der Waals surface area contributed by atoms with Gasteiger partial charge in [-0.05, 0) is 24.1 Å². The minimum Gasteiger partial charge on any atom is -0.545 e. The number of rotatable bonds is 21. The third-order valence-corrected chi connectivity index (χ3v) is 6.07. The predicted octanol–water partition coefficient (Wildman–Crippen LogP) is 6.87. The monoisotopic (exact) mass is 485 g/mol. The maximum absolute atomic E-state index is 12.0. The summed E-state index contributed by atoms with van der Waals surface area (Å²) in [6.45, 7) is 2.66. The van der Waals surface area contributed by atoms with Gasteiger partial charge in [-0.25, -0.2) is 4.79 Å². The van der Waals surface area contributed by atoms with Crippen molar-refractivity contribution in [3.8, 4) is 0 Å². The molecule has 0 saturated carbocycles. The second kappa shape index (κ2) is 23.2. The summed E-state index contributed by atoms with van der Waals surface area (Å²) >= 11 is 0. The Bertz CT molecular complexity index is 618. The number of benzene rings is 1. The van der Waals surface area contributed by atoms with Crippen molar-refractivity contribution in [1.82, 2.24) is 0 Å². The van der Waals surface area contributed by atoms with Crippen LogP contribution in [0.5, 0.6) is 0 Å². The molecule has 4 nitrogen and oxygen atoms in total. The zero-order valence-electron chi connectivity index (χ0n) is 21.1. The van der Waals surface area contributed by atoms with Crippen LogP contribution in [0.25, 0.3) is 0 Å². The smallest absolute Gasteiger partial charge is 0.545 e. The van der Waals surface area contributed by atoms with E-state index in [2.05, 4.69) is 6.92 Å². The first-order valence-electron chi connectivity index (χ1n) is 13.1. The minimum atomic E-state index is -1.29. The Balaban J connectivity index is 0.0000102. The van der Waals surface area contributed by atoms with Gasteiger partial charge >= 0.3 is 43.7 Å². The summed E-state index contributed by atoms with van der Waals surface area (Å²) in [5, 5.41) is 10.9. The Morgan fingerprint density at radius 2 is 1.06 bits per heavy atom. The Kier molecular flexibility index (Phi) is 22.8. The van der Waals surface area contributed by atoms with Gasteiger partial charge in [0.25, 0.3) is 0 Å². The van der Waals surface area contributed by atoms with E-state index in [1.807, 2.05) is 0 Å². The quantitative estimate of drug-likeness (QED) is 0.108. The fraction of sp³-hybridized carbons (Fsp3) is 0.714. The molecule has 0 saturated heterocycles. The summed E-state index contributed by atoms with van der Waals surface area (Å²) in [6.07, 6.45) is 23.8. The van der Waals surface area contributed by atoms with E-state index in [4.69, 9.17) is 4.74 Å². The molecule has 0 aromatic heterocycles. The van der Waals surface area contributed by atoms with Gasteiger partial charge in [-0.15, -0.1) is 0 Å². The molecule has 0 aliphatic heterocycles. The van der Waals surface area contributed by atoms with E-state index >= 15 is 0 Å². The molecule has 1 aromatic rings. The molecule has 0 atom stereocenters. The van der Waals surface area contributed by atoms with E-state index < -0.39 is 11.9 Å². The number of carbonyl (C=O) groups excluding carboxylic acids is 2. The topological polar surface area (TPSA) is 66.4 Å². The van der Waals surface area contributed by atoms with Crippen LogP contribution in [0.1, 0.15) is 143 Å². The van der Waals surface area contributed by atoms with Crippen LogP contribution in [0.15, 0.2) is 24.3 Å². The van der Waals surface area contributed by atoms with E-state index in [1.165, 1.54) is 121 Å². The first-order chi connectivity index (χ1) is 15.6. The zero-order valence-corrected chi connectivity index (χ0v) is 23.3. The van der Waals surface area contributed by atoms with Gasteiger partial charge in [0.05, 0.1) is 18.1 Å². The number of carboxylic acid groups (broad SMARTS) is 1. The number of hydrogen-bond donors (Lipinski definition) is 0. The Morgan fingerprint density at radius 3 is 1.48 bits per heavy atom. The van der Waals surface area contributed by atoms with Crippen LogP contribution in [0.2, 0.25) is 0 Å². The van der Waals surface area contributed by atoms with Gasteiger partial charge in [0.2, 0.25) is 0 Å². The molecule has 0 aliphatic carbocycles. The molecule has 0 heterocycles. The van der Waals surface area contributed by atoms with Crippen LogP contribution in [-0.2, 0) is 4.74 Å². The molecule has 0 spiro atoms. The van der Waals surface area contributed by atoms with Crippen molar-refractivity contribution in [1.29, 1.82) is 0 Å². The number of ether oxygens (including phenoxy) is 1. The molecule has 0 fully saturated rings. The largest absolute Gasteiger partial charge is 2.00 e. The van der Waals surface area contributed by atoms with Crippen molar-refractivity contribution < 1.29 is 19.4 Å². The Hall–Kier alpha value is -0.580. The van der Waals surface area contributed by atoms with E-state index in [1.54, 1.807) is 6.07 Å². The van der Waals surface area contributed by atoms with Crippen LogP contribution in [0.3, 0.4) is 0 Å². The molecule has 0 unspecified atom stereocenters. The summed E-state index contributed by atoms with van der Waals surface area (Å²) in [5.74, 6) is -1.76. The van der Waals surface area contributed by atoms with Crippen molar-refractivity contribution in [3.63, 3.8) is 0 Å². The van der Waals surface area contributed by atoms with Crippen LogP contribution in [0.4, 0.5) is 0 Å². The fourth-order valence-corrected chi connectivity index (χ4v) is 4.03. The molecule has 0 amide bonds. The van der Waals surface area contributed by atoms with Crippen molar-refractivity contribution in [2.24, 2.45) is 0 Å². The van der Waals surface area contributed by atoms with Crippen LogP contribution in [0, 0.1) is 0 Å². The second-order valence-electron chi connectivity index (χ2n) is 9.01. The van der Waals surface area contributed by atoms with Crippen molar-refractivity contribution >= 4 is 49.7 Å². The molecule has 1 rings (SSSR count). The summed E-state index contributed by atoms with van der Waals surface area (Å²) in [5.41, 5.74) is 0.252. The summed E-state index contributed by atoms with van der Waals surface area (Å²) in [4.78, 5) is 22.8. The van der Waals surface area contributed by atoms with Crippen molar-refractivity contribution in [3.05, 3.63) is 35.4 Å². The van der Waals surface area contributed by atoms with Gasteiger partial charge in [0, 0.05) is 0 Å². The normalized spacial score (nSPS) is 10.6. The van der Waals surface area contributed by atoms with Gasteiger partial charge in [0.15, 0.2) is 0 Å². The van der Waals surface area contributed by atoms with Gasteiger partial charge in [-0.1, -0.05) is 128 Å². The summed E-state index contributed by atoms with van der Waals surface area (Å²) in [6, 6.07) is 5.79. The minimum absolute atomic E-state index is 0. The molecule has 0 aliphatic rings. The average Bonchev–Trinajstić information content (AvgIpc) is 2.80. The van der Waals surface area contributed by atoms with Crippen LogP contribution in [-0.4, -0.2) is 56.3 Å². The number of esters is 1.